The van der Waals surface area contributed by atoms with Gasteiger partial charge in [-0.25, -0.2) is 0 Å². The predicted molar refractivity (Wildman–Crippen MR) is 15.7 cm³/mol. The monoisotopic (exact) mass is 89.0 g/mol. The number of carboxylic acid groups (broad SMARTS) is 1. The molecule has 0 bridgehead atoms. The first-order chi connectivity index (χ1) is 2.64. The van der Waals surface area contributed by atoms with Gasteiger partial charge >= 0.3 is 0 Å². The summed E-state index contributed by atoms with van der Waals surface area (Å²) in [5.74, 6) is -2.56. The van der Waals surface area contributed by atoms with Crippen LogP contribution in [0.2, 0.25) is 0 Å². The zero-order chi connectivity index (χ0) is 5.15. The zero-order valence-corrected chi connectivity index (χ0v) is 3.22. The van der Waals surface area contributed by atoms with E-state index in [1.807, 2.05) is 0 Å². The Morgan fingerprint density at radius 1 is 1.50 bits per heavy atom. The van der Waals surface area contributed by atoms with E-state index in [9.17, 15) is 14.7 Å². The summed E-state index contributed by atoms with van der Waals surface area (Å²) in [5, 5.41) is 9.24. The van der Waals surface area contributed by atoms with Gasteiger partial charge in [-0.2, -0.15) is 0 Å². The van der Waals surface area contributed by atoms with Crippen molar-refractivity contribution in [3.8, 4) is 0 Å². The van der Waals surface area contributed by atoms with Crippen LogP contribution in [0.1, 0.15) is 6.92 Å². The van der Waals surface area contributed by atoms with Crippen molar-refractivity contribution >= 4 is 11.8 Å². The third kappa shape index (κ3) is 1.46. The van der Waals surface area contributed by atoms with Crippen molar-refractivity contribution in [2.75, 3.05) is 0 Å². The van der Waals surface area contributed by atoms with E-state index in [1.165, 1.54) is 0 Å². The van der Waals surface area contributed by atoms with Crippen molar-refractivity contribution in [1.29, 1.82) is 0 Å². The highest BCUT2D eigenvalue weighted by Crippen LogP contribution is 1.56. The van der Waals surface area contributed by atoms with Crippen molar-refractivity contribution in [2.45, 2.75) is 6.92 Å². The molecule has 0 fully saturated rings. The van der Waals surface area contributed by atoms with Crippen LogP contribution in [0.4, 0.5) is 0 Å². The molecule has 0 aliphatic heterocycles. The summed E-state index contributed by atoms with van der Waals surface area (Å²) in [6, 6.07) is 0. The Balaban J connectivity index is 3.57. The average Bonchev–Trinajstić information content (AvgIpc) is 1.36. The number of ketones is 1. The van der Waals surface area contributed by atoms with Gasteiger partial charge in [-0.05, 0) is 0 Å². The molecule has 0 spiro atoms. The molecule has 0 aliphatic carbocycles. The van der Waals surface area contributed by atoms with Gasteiger partial charge in [0.25, 0.3) is 0 Å². The second-order valence-corrected chi connectivity index (χ2v) is 0.844. The fraction of sp³-hybridized carbons (Fsp3) is 0.333. The van der Waals surface area contributed by atoms with Crippen LogP contribution < -0.4 is 5.11 Å². The summed E-state index contributed by atoms with van der Waals surface area (Å²) in [4.78, 5) is 18.7. The number of hydrogen-bond acceptors (Lipinski definition) is 3. The second-order valence-electron chi connectivity index (χ2n) is 0.844. The van der Waals surface area contributed by atoms with Crippen LogP contribution in [0.3, 0.4) is 0 Å². The zero-order valence-electron chi connectivity index (χ0n) is 3.22. The number of rotatable bonds is 1. The molecule has 0 aromatic rings. The Morgan fingerprint density at radius 3 is 1.67 bits per heavy atom. The van der Waals surface area contributed by atoms with E-state index in [0.29, 0.717) is 0 Å². The maximum atomic E-state index is 9.48. The van der Waals surface area contributed by atoms with E-state index >= 15 is 0 Å². The van der Waals surface area contributed by atoms with Crippen molar-refractivity contribution in [3.05, 3.63) is 0 Å². The van der Waals surface area contributed by atoms with Gasteiger partial charge in [-0.15, -0.1) is 0 Å². The molecule has 0 aromatic heterocycles. The maximum Gasteiger partial charge on any atom is 0.175 e. The first-order valence-electron chi connectivity index (χ1n) is 1.36. The fourth-order valence-corrected chi connectivity index (χ4v) is 0. The molecule has 34 valence electrons. The lowest BCUT2D eigenvalue weighted by molar-refractivity contribution is -0.299. The Hall–Kier alpha value is -0.860. The van der Waals surface area contributed by atoms with Crippen LogP contribution >= 0.6 is 0 Å². The summed E-state index contributed by atoms with van der Waals surface area (Å²) >= 11 is 0. The molecule has 0 aromatic carbocycles. The van der Waals surface area contributed by atoms with Gasteiger partial charge in [0.15, 0.2) is 5.78 Å². The van der Waals surface area contributed by atoms with Gasteiger partial charge in [0, 0.05) is 6.92 Å². The normalized spacial score (nSPS) is 7.50. The van der Waals surface area contributed by atoms with Gasteiger partial charge in [-0.3, -0.25) is 4.79 Å². The van der Waals surface area contributed by atoms with E-state index in [4.69, 9.17) is 0 Å². The largest absolute Gasteiger partial charge is 0.542 e. The molecule has 3 nitrogen and oxygen atoms in total. The molecule has 0 heterocycles. The highest BCUT2D eigenvalue weighted by Gasteiger charge is 1.85. The second kappa shape index (κ2) is 1.55. The van der Waals surface area contributed by atoms with Crippen LogP contribution in [0.25, 0.3) is 0 Å². The van der Waals surface area contributed by atoms with Crippen molar-refractivity contribution in [1.82, 2.24) is 0 Å². The average molecular weight is 89.0 g/mol. The molecular formula is C3H3O3-. The Labute approximate surface area is 34.6 Å². The summed E-state index contributed by atoms with van der Waals surface area (Å²) < 4.78 is 0. The molecule has 0 saturated heterocycles. The number of hydrogen-bond donors (Lipinski definition) is 0. The lowest BCUT2D eigenvalue weighted by atomic mass is 11.0. The van der Waals surface area contributed by atoms with Crippen LogP contribution in [-0.2, 0) is 9.59 Å². The quantitative estimate of drug-likeness (QED) is 0.285. The van der Waals surface area contributed by atoms with Crippen LogP contribution in [0.5, 0.6) is 0 Å². The Kier molecular flexibility index (Phi) is 1.32. The lowest BCUT2D eigenvalue weighted by Crippen LogP contribution is -2.29. The van der Waals surface area contributed by atoms with Crippen molar-refractivity contribution < 1.29 is 14.7 Å². The van der Waals surface area contributed by atoms with Gasteiger partial charge in [0.2, 0.25) is 0 Å². The van der Waals surface area contributed by atoms with Gasteiger partial charge in [-0.1, -0.05) is 0 Å². The number of aliphatic carboxylic acids is 1. The molecule has 0 atom stereocenters. The standard InChI is InChI=1S/C3H4O3/c1-2(4)3(5)6/h1H3,(H,5,6)/p-1/i1+1,2+1. The molecule has 3 heteroatoms. The molecular weight excluding hydrogens is 86.0 g/mol. The first kappa shape index (κ1) is 5.14. The van der Waals surface area contributed by atoms with Crippen molar-refractivity contribution in [3.63, 3.8) is 0 Å². The highest BCUT2D eigenvalue weighted by molar-refractivity contribution is 6.30. The minimum atomic E-state index is -1.63. The SMILES string of the molecule is [13CH3][13C](=O)C(=O)[O-]. The first-order valence-corrected chi connectivity index (χ1v) is 1.36. The van der Waals surface area contributed by atoms with Crippen molar-refractivity contribution in [2.24, 2.45) is 0 Å². The highest BCUT2D eigenvalue weighted by atomic mass is 16.4. The van der Waals surface area contributed by atoms with E-state index in [2.05, 4.69) is 0 Å². The van der Waals surface area contributed by atoms with E-state index < -0.39 is 11.8 Å². The molecule has 0 saturated carbocycles. The molecule has 6 heavy (non-hydrogen) atoms. The minimum absolute atomic E-state index is 0.935. The summed E-state index contributed by atoms with van der Waals surface area (Å²) in [6.07, 6.45) is 0. The number of carboxylic acids is 1. The van der Waals surface area contributed by atoms with Crippen LogP contribution in [0, 0.1) is 0 Å². The third-order valence-electron chi connectivity index (χ3n) is 0.287. The molecule has 0 N–H and O–H groups in total. The van der Waals surface area contributed by atoms with Gasteiger partial charge in [0.1, 0.15) is 5.97 Å². The molecule has 0 rings (SSSR count). The number of Topliss-reactive ketones (excluding diaryl/α,β-unsaturated/α-hetero) is 1. The molecule has 0 amide bonds. The molecule has 0 radical (unpaired) electrons. The predicted octanol–water partition coefficient (Wildman–Crippen LogP) is -1.67. The molecule has 0 unspecified atom stereocenters. The van der Waals surface area contributed by atoms with Crippen LogP contribution in [0.15, 0.2) is 0 Å². The number of carbonyl (C=O) groups excluding carboxylic acids is 2. The van der Waals surface area contributed by atoms with Gasteiger partial charge < -0.3 is 9.90 Å². The summed E-state index contributed by atoms with van der Waals surface area (Å²) in [6.45, 7) is 0.940. The third-order valence-corrected chi connectivity index (χ3v) is 0.287. The fourth-order valence-electron chi connectivity index (χ4n) is 0. The van der Waals surface area contributed by atoms with E-state index in [0.717, 1.165) is 6.92 Å². The smallest absolute Gasteiger partial charge is 0.175 e. The Bertz CT molecular complexity index is 72.0. The maximum absolute atomic E-state index is 9.48. The topological polar surface area (TPSA) is 57.2 Å². The minimum Gasteiger partial charge on any atom is -0.542 e. The van der Waals surface area contributed by atoms with E-state index in [1.54, 1.807) is 0 Å². The van der Waals surface area contributed by atoms with Gasteiger partial charge in [0.05, 0.1) is 0 Å². The summed E-state index contributed by atoms with van der Waals surface area (Å²) in [7, 11) is 0. The number of carbonyl (C=O) groups is 2. The Morgan fingerprint density at radius 2 is 1.67 bits per heavy atom. The van der Waals surface area contributed by atoms with Crippen LogP contribution in [-0.4, -0.2) is 11.8 Å². The molecule has 0 aliphatic rings. The lowest BCUT2D eigenvalue weighted by Gasteiger charge is -1.87. The summed E-state index contributed by atoms with van der Waals surface area (Å²) in [5.41, 5.74) is 0. The van der Waals surface area contributed by atoms with E-state index in [-0.39, 0.29) is 0 Å².